The molecule has 0 radical (unpaired) electrons. The van der Waals surface area contributed by atoms with Gasteiger partial charge < -0.3 is 5.32 Å². The molecule has 1 N–H and O–H groups in total. The summed E-state index contributed by atoms with van der Waals surface area (Å²) in [6.07, 6.45) is 2.62. The maximum atomic E-state index is 11.9. The van der Waals surface area contributed by atoms with Crippen molar-refractivity contribution < 1.29 is 4.79 Å². The normalized spacial score (nSPS) is 10.4. The number of hydrogen-bond acceptors (Lipinski definition) is 2. The first-order valence-electron chi connectivity index (χ1n) is 6.10. The summed E-state index contributed by atoms with van der Waals surface area (Å²) in [5.41, 5.74) is 2.63. The Morgan fingerprint density at radius 2 is 2.05 bits per heavy atom. The number of aromatic nitrogens is 2. The fourth-order valence-electron chi connectivity index (χ4n) is 1.75. The van der Waals surface area contributed by atoms with E-state index in [9.17, 15) is 4.79 Å². The molecule has 0 atom stereocenters. The van der Waals surface area contributed by atoms with Gasteiger partial charge in [0, 0.05) is 37.7 Å². The third kappa shape index (κ3) is 3.83. The molecule has 0 saturated heterocycles. The summed E-state index contributed by atoms with van der Waals surface area (Å²) in [4.78, 5) is 11.9. The van der Waals surface area contributed by atoms with Crippen molar-refractivity contribution in [3.8, 4) is 0 Å². The van der Waals surface area contributed by atoms with Crippen molar-refractivity contribution in [1.29, 1.82) is 0 Å². The van der Waals surface area contributed by atoms with Crippen molar-refractivity contribution >= 4 is 17.5 Å². The number of nitrogens with one attached hydrogen (secondary N) is 1. The molecule has 1 heterocycles. The molecule has 0 aliphatic heterocycles. The lowest BCUT2D eigenvalue weighted by atomic mass is 10.1. The maximum absolute atomic E-state index is 11.9. The molecule has 0 aliphatic rings. The van der Waals surface area contributed by atoms with Crippen molar-refractivity contribution in [2.45, 2.75) is 12.3 Å². The van der Waals surface area contributed by atoms with Crippen LogP contribution in [0.4, 0.5) is 0 Å². The second-order valence-electron chi connectivity index (χ2n) is 4.32. The molecular formula is C14H16ClN3O. The summed E-state index contributed by atoms with van der Waals surface area (Å²) in [5.74, 6) is 0.388. The monoisotopic (exact) mass is 277 g/mol. The van der Waals surface area contributed by atoms with Gasteiger partial charge in [0.1, 0.15) is 0 Å². The predicted molar refractivity (Wildman–Crippen MR) is 75.2 cm³/mol. The van der Waals surface area contributed by atoms with Crippen LogP contribution in [0, 0.1) is 0 Å². The molecule has 19 heavy (non-hydrogen) atoms. The molecule has 1 aromatic carbocycles. The van der Waals surface area contributed by atoms with E-state index in [4.69, 9.17) is 11.6 Å². The molecule has 0 aliphatic carbocycles. The average molecular weight is 278 g/mol. The van der Waals surface area contributed by atoms with Gasteiger partial charge in [-0.25, -0.2) is 0 Å². The maximum Gasteiger partial charge on any atom is 0.251 e. The Bertz CT molecular complexity index is 548. The minimum Gasteiger partial charge on any atom is -0.352 e. The molecule has 0 unspecified atom stereocenters. The van der Waals surface area contributed by atoms with Gasteiger partial charge >= 0.3 is 0 Å². The Kier molecular flexibility index (Phi) is 4.58. The van der Waals surface area contributed by atoms with Crippen LogP contribution in [-0.4, -0.2) is 22.2 Å². The predicted octanol–water partition coefficient (Wildman–Crippen LogP) is 2.13. The smallest absolute Gasteiger partial charge is 0.251 e. The molecule has 1 aromatic heterocycles. The number of halogens is 1. The Morgan fingerprint density at radius 3 is 2.63 bits per heavy atom. The van der Waals surface area contributed by atoms with Gasteiger partial charge in [-0.15, -0.1) is 11.6 Å². The number of alkyl halides is 1. The second-order valence-corrected chi connectivity index (χ2v) is 4.58. The van der Waals surface area contributed by atoms with Gasteiger partial charge in [-0.3, -0.25) is 9.48 Å². The number of aryl methyl sites for hydroxylation is 1. The third-order valence-corrected chi connectivity index (χ3v) is 3.11. The first-order valence-corrected chi connectivity index (χ1v) is 6.64. The van der Waals surface area contributed by atoms with E-state index in [-0.39, 0.29) is 5.91 Å². The average Bonchev–Trinajstić information content (AvgIpc) is 2.84. The van der Waals surface area contributed by atoms with E-state index in [1.54, 1.807) is 16.8 Å². The van der Waals surface area contributed by atoms with Crippen molar-refractivity contribution in [2.75, 3.05) is 6.54 Å². The number of nitrogens with zero attached hydrogens (tertiary/aromatic N) is 2. The number of benzene rings is 1. The molecular weight excluding hydrogens is 262 g/mol. The van der Waals surface area contributed by atoms with Crippen LogP contribution in [0.5, 0.6) is 0 Å². The van der Waals surface area contributed by atoms with E-state index in [1.165, 1.54) is 0 Å². The van der Waals surface area contributed by atoms with Crippen molar-refractivity contribution in [3.05, 3.63) is 53.3 Å². The Hall–Kier alpha value is -1.81. The van der Waals surface area contributed by atoms with Gasteiger partial charge in [0.05, 0.1) is 5.69 Å². The molecule has 0 saturated carbocycles. The van der Waals surface area contributed by atoms with E-state index in [2.05, 4.69) is 10.4 Å². The molecule has 0 fully saturated rings. The third-order valence-electron chi connectivity index (χ3n) is 2.81. The fourth-order valence-corrected chi connectivity index (χ4v) is 1.93. The van der Waals surface area contributed by atoms with Crippen LogP contribution in [0.25, 0.3) is 0 Å². The summed E-state index contributed by atoms with van der Waals surface area (Å²) < 4.78 is 1.75. The molecule has 100 valence electrons. The second kappa shape index (κ2) is 6.38. The van der Waals surface area contributed by atoms with Gasteiger partial charge in [-0.2, -0.15) is 5.10 Å². The lowest BCUT2D eigenvalue weighted by molar-refractivity contribution is 0.0954. The summed E-state index contributed by atoms with van der Waals surface area (Å²) in [7, 11) is 1.88. The number of carbonyl (C=O) groups excluding carboxylic acids is 1. The van der Waals surface area contributed by atoms with Gasteiger partial charge in [0.25, 0.3) is 5.91 Å². The number of amides is 1. The quantitative estimate of drug-likeness (QED) is 0.851. The van der Waals surface area contributed by atoms with Crippen LogP contribution < -0.4 is 5.32 Å². The zero-order valence-corrected chi connectivity index (χ0v) is 11.5. The highest BCUT2D eigenvalue weighted by atomic mass is 35.5. The topological polar surface area (TPSA) is 46.9 Å². The molecule has 2 aromatic rings. The molecule has 0 spiro atoms. The lowest BCUT2D eigenvalue weighted by Gasteiger charge is -2.04. The number of carbonyl (C=O) groups is 1. The van der Waals surface area contributed by atoms with Crippen LogP contribution in [0.15, 0.2) is 36.5 Å². The number of hydrogen-bond donors (Lipinski definition) is 1. The molecule has 4 nitrogen and oxygen atoms in total. The fraction of sp³-hybridized carbons (Fsp3) is 0.286. The summed E-state index contributed by atoms with van der Waals surface area (Å²) in [6.45, 7) is 0.576. The summed E-state index contributed by atoms with van der Waals surface area (Å²) in [6, 6.07) is 9.24. The largest absolute Gasteiger partial charge is 0.352 e. The minimum absolute atomic E-state index is 0.0722. The molecule has 2 rings (SSSR count). The highest BCUT2D eigenvalue weighted by Gasteiger charge is 2.05. The van der Waals surface area contributed by atoms with Gasteiger partial charge in [-0.05, 0) is 23.8 Å². The van der Waals surface area contributed by atoms with Crippen LogP contribution in [0.3, 0.4) is 0 Å². The van der Waals surface area contributed by atoms with E-state index in [1.807, 2.05) is 31.4 Å². The zero-order chi connectivity index (χ0) is 13.7. The Labute approximate surface area is 117 Å². The van der Waals surface area contributed by atoms with Crippen molar-refractivity contribution in [1.82, 2.24) is 15.1 Å². The highest BCUT2D eigenvalue weighted by Crippen LogP contribution is 2.06. The summed E-state index contributed by atoms with van der Waals surface area (Å²) in [5, 5.41) is 7.13. The first-order chi connectivity index (χ1) is 9.19. The van der Waals surface area contributed by atoms with Crippen LogP contribution >= 0.6 is 11.6 Å². The van der Waals surface area contributed by atoms with E-state index in [0.717, 1.165) is 17.7 Å². The van der Waals surface area contributed by atoms with E-state index in [0.29, 0.717) is 18.0 Å². The first kappa shape index (κ1) is 13.6. The standard InChI is InChI=1S/C14H16ClN3O/c1-18-9-7-13(17-18)6-8-16-14(19)12-4-2-11(10-15)3-5-12/h2-5,7,9H,6,8,10H2,1H3,(H,16,19). The van der Waals surface area contributed by atoms with Crippen LogP contribution in [0.2, 0.25) is 0 Å². The SMILES string of the molecule is Cn1ccc(CCNC(=O)c2ccc(CCl)cc2)n1. The van der Waals surface area contributed by atoms with Gasteiger partial charge in [-0.1, -0.05) is 12.1 Å². The van der Waals surface area contributed by atoms with Crippen molar-refractivity contribution in [3.63, 3.8) is 0 Å². The Morgan fingerprint density at radius 1 is 1.32 bits per heavy atom. The number of rotatable bonds is 5. The molecule has 1 amide bonds. The highest BCUT2D eigenvalue weighted by molar-refractivity contribution is 6.17. The molecule has 5 heteroatoms. The zero-order valence-electron chi connectivity index (χ0n) is 10.8. The van der Waals surface area contributed by atoms with Crippen molar-refractivity contribution in [2.24, 2.45) is 7.05 Å². The van der Waals surface area contributed by atoms with E-state index < -0.39 is 0 Å². The van der Waals surface area contributed by atoms with Gasteiger partial charge in [0.15, 0.2) is 0 Å². The summed E-state index contributed by atoms with van der Waals surface area (Å²) >= 11 is 5.70. The minimum atomic E-state index is -0.0722. The van der Waals surface area contributed by atoms with Gasteiger partial charge in [0.2, 0.25) is 0 Å². The molecule has 0 bridgehead atoms. The van der Waals surface area contributed by atoms with Crippen LogP contribution in [0.1, 0.15) is 21.6 Å². The Balaban J connectivity index is 1.83. The lowest BCUT2D eigenvalue weighted by Crippen LogP contribution is -2.25. The van der Waals surface area contributed by atoms with Crippen LogP contribution in [-0.2, 0) is 19.3 Å². The van der Waals surface area contributed by atoms with E-state index >= 15 is 0 Å².